The summed E-state index contributed by atoms with van der Waals surface area (Å²) in [6.45, 7) is 0. The lowest BCUT2D eigenvalue weighted by Crippen LogP contribution is -2.06. The van der Waals surface area contributed by atoms with Crippen LogP contribution in [0.1, 0.15) is 0 Å². The molecule has 1 rings (SSSR count). The van der Waals surface area contributed by atoms with Gasteiger partial charge in [-0.3, -0.25) is 5.32 Å². The minimum atomic E-state index is -1.08. The second kappa shape index (κ2) is 3.34. The van der Waals surface area contributed by atoms with Crippen molar-refractivity contribution in [2.75, 3.05) is 5.32 Å². The molecule has 0 bridgehead atoms. The van der Waals surface area contributed by atoms with E-state index in [0.29, 0.717) is 10.3 Å². The van der Waals surface area contributed by atoms with Crippen LogP contribution in [0.5, 0.6) is 0 Å². The number of anilines is 1. The first-order chi connectivity index (χ1) is 5.18. The molecule has 0 unspecified atom stereocenters. The summed E-state index contributed by atoms with van der Waals surface area (Å²) in [6.07, 6.45) is 0.429. The van der Waals surface area contributed by atoms with Gasteiger partial charge in [-0.05, 0) is 28.1 Å². The number of hydrogen-bond acceptors (Lipinski definition) is 2. The molecule has 0 aliphatic carbocycles. The SMILES string of the molecule is O=C(O)Nc1ccnc(Br)c1. The van der Waals surface area contributed by atoms with Gasteiger partial charge in [0.2, 0.25) is 0 Å². The number of nitrogens with one attached hydrogen (secondary N) is 1. The summed E-state index contributed by atoms with van der Waals surface area (Å²) in [5.41, 5.74) is 0.499. The quantitative estimate of drug-likeness (QED) is 0.706. The van der Waals surface area contributed by atoms with E-state index in [-0.39, 0.29) is 0 Å². The lowest BCUT2D eigenvalue weighted by atomic mass is 10.4. The average Bonchev–Trinajstić information content (AvgIpc) is 1.85. The number of carbonyl (C=O) groups is 1. The van der Waals surface area contributed by atoms with Gasteiger partial charge in [-0.1, -0.05) is 0 Å². The molecule has 0 spiro atoms. The molecule has 2 N–H and O–H groups in total. The van der Waals surface area contributed by atoms with E-state index < -0.39 is 6.09 Å². The highest BCUT2D eigenvalue weighted by atomic mass is 79.9. The molecule has 0 aromatic carbocycles. The molecule has 0 aliphatic rings. The van der Waals surface area contributed by atoms with Crippen LogP contribution in [0.15, 0.2) is 22.9 Å². The maximum Gasteiger partial charge on any atom is 0.409 e. The van der Waals surface area contributed by atoms with Crippen LogP contribution in [0, 0.1) is 0 Å². The summed E-state index contributed by atoms with van der Waals surface area (Å²) < 4.78 is 0.601. The van der Waals surface area contributed by atoms with Crippen LogP contribution < -0.4 is 5.32 Å². The Bertz CT molecular complexity index is 277. The van der Waals surface area contributed by atoms with Crippen LogP contribution in [0.3, 0.4) is 0 Å². The van der Waals surface area contributed by atoms with E-state index in [2.05, 4.69) is 26.2 Å². The zero-order chi connectivity index (χ0) is 8.27. The maximum absolute atomic E-state index is 10.1. The van der Waals surface area contributed by atoms with Gasteiger partial charge in [0.15, 0.2) is 0 Å². The minimum Gasteiger partial charge on any atom is -0.465 e. The Labute approximate surface area is 71.4 Å². The van der Waals surface area contributed by atoms with Crippen molar-refractivity contribution in [3.63, 3.8) is 0 Å². The monoisotopic (exact) mass is 216 g/mol. The van der Waals surface area contributed by atoms with Gasteiger partial charge in [0, 0.05) is 11.9 Å². The highest BCUT2D eigenvalue weighted by Crippen LogP contribution is 2.11. The fourth-order valence-corrected chi connectivity index (χ4v) is 0.969. The van der Waals surface area contributed by atoms with Gasteiger partial charge in [-0.25, -0.2) is 9.78 Å². The third-order valence-corrected chi connectivity index (χ3v) is 1.41. The Kier molecular flexibility index (Phi) is 2.43. The molecule has 1 heterocycles. The van der Waals surface area contributed by atoms with Gasteiger partial charge < -0.3 is 5.11 Å². The number of carboxylic acid groups (broad SMARTS) is 1. The first-order valence-corrected chi connectivity index (χ1v) is 3.59. The van der Waals surface area contributed by atoms with Gasteiger partial charge in [-0.15, -0.1) is 0 Å². The molecule has 0 atom stereocenters. The summed E-state index contributed by atoms with van der Waals surface area (Å²) in [5, 5.41) is 10.5. The molecule has 0 radical (unpaired) electrons. The summed E-state index contributed by atoms with van der Waals surface area (Å²) in [6, 6.07) is 3.15. The van der Waals surface area contributed by atoms with E-state index in [4.69, 9.17) is 5.11 Å². The average molecular weight is 217 g/mol. The van der Waals surface area contributed by atoms with E-state index in [9.17, 15) is 4.79 Å². The molecule has 11 heavy (non-hydrogen) atoms. The molecule has 1 aromatic heterocycles. The summed E-state index contributed by atoms with van der Waals surface area (Å²) in [7, 11) is 0. The molecular weight excluding hydrogens is 212 g/mol. The van der Waals surface area contributed by atoms with Crippen LogP contribution in [0.25, 0.3) is 0 Å². The number of amides is 1. The van der Waals surface area contributed by atoms with E-state index in [1.54, 1.807) is 12.1 Å². The van der Waals surface area contributed by atoms with Crippen molar-refractivity contribution < 1.29 is 9.90 Å². The van der Waals surface area contributed by atoms with Crippen LogP contribution >= 0.6 is 15.9 Å². The Morgan fingerprint density at radius 2 is 2.45 bits per heavy atom. The van der Waals surface area contributed by atoms with Crippen LogP contribution in [0.2, 0.25) is 0 Å². The molecule has 1 amide bonds. The van der Waals surface area contributed by atoms with Crippen LogP contribution in [0.4, 0.5) is 10.5 Å². The smallest absolute Gasteiger partial charge is 0.409 e. The number of aromatic nitrogens is 1. The van der Waals surface area contributed by atoms with E-state index in [0.717, 1.165) is 0 Å². The fraction of sp³-hybridized carbons (Fsp3) is 0. The predicted molar refractivity (Wildman–Crippen MR) is 43.6 cm³/mol. The molecule has 58 valence electrons. The summed E-state index contributed by atoms with van der Waals surface area (Å²) in [5.74, 6) is 0. The maximum atomic E-state index is 10.1. The van der Waals surface area contributed by atoms with Crippen LogP contribution in [-0.2, 0) is 0 Å². The van der Waals surface area contributed by atoms with Crippen molar-refractivity contribution in [2.24, 2.45) is 0 Å². The third-order valence-electron chi connectivity index (χ3n) is 0.978. The molecule has 5 heteroatoms. The molecular formula is C6H5BrN2O2. The van der Waals surface area contributed by atoms with Crippen molar-refractivity contribution in [3.8, 4) is 0 Å². The Morgan fingerprint density at radius 1 is 1.73 bits per heavy atom. The van der Waals surface area contributed by atoms with Gasteiger partial charge in [-0.2, -0.15) is 0 Å². The fourth-order valence-electron chi connectivity index (χ4n) is 0.604. The molecule has 0 saturated carbocycles. The normalized spacial score (nSPS) is 9.18. The second-order valence-corrected chi connectivity index (χ2v) is 2.61. The summed E-state index contributed by atoms with van der Waals surface area (Å²) >= 11 is 3.11. The van der Waals surface area contributed by atoms with Crippen molar-refractivity contribution in [1.82, 2.24) is 4.98 Å². The molecule has 0 fully saturated rings. The minimum absolute atomic E-state index is 0.499. The van der Waals surface area contributed by atoms with Crippen molar-refractivity contribution in [3.05, 3.63) is 22.9 Å². The van der Waals surface area contributed by atoms with Crippen molar-refractivity contribution in [2.45, 2.75) is 0 Å². The molecule has 4 nitrogen and oxygen atoms in total. The van der Waals surface area contributed by atoms with Crippen LogP contribution in [-0.4, -0.2) is 16.2 Å². The topological polar surface area (TPSA) is 62.2 Å². The number of hydrogen-bond donors (Lipinski definition) is 2. The third kappa shape index (κ3) is 2.55. The lowest BCUT2D eigenvalue weighted by molar-refractivity contribution is 0.210. The summed E-state index contributed by atoms with van der Waals surface area (Å²) in [4.78, 5) is 14.0. The predicted octanol–water partition coefficient (Wildman–Crippen LogP) is 1.93. The number of halogens is 1. The number of pyridine rings is 1. The van der Waals surface area contributed by atoms with Gasteiger partial charge >= 0.3 is 6.09 Å². The Balaban J connectivity index is 2.79. The van der Waals surface area contributed by atoms with Gasteiger partial charge in [0.05, 0.1) is 0 Å². The molecule has 0 aliphatic heterocycles. The largest absolute Gasteiger partial charge is 0.465 e. The van der Waals surface area contributed by atoms with Crippen molar-refractivity contribution >= 4 is 27.7 Å². The lowest BCUT2D eigenvalue weighted by Gasteiger charge is -1.98. The standard InChI is InChI=1S/C6H5BrN2O2/c7-5-3-4(1-2-8-5)9-6(10)11/h1-3H,(H,8,9)(H,10,11). The van der Waals surface area contributed by atoms with Crippen molar-refractivity contribution in [1.29, 1.82) is 0 Å². The number of nitrogens with zero attached hydrogens (tertiary/aromatic N) is 1. The van der Waals surface area contributed by atoms with E-state index in [1.807, 2.05) is 0 Å². The second-order valence-electron chi connectivity index (χ2n) is 1.80. The molecule has 0 saturated heterocycles. The first kappa shape index (κ1) is 8.00. The molecule has 1 aromatic rings. The zero-order valence-electron chi connectivity index (χ0n) is 5.41. The van der Waals surface area contributed by atoms with E-state index in [1.165, 1.54) is 6.20 Å². The Morgan fingerprint density at radius 3 is 3.00 bits per heavy atom. The van der Waals surface area contributed by atoms with Gasteiger partial charge in [0.25, 0.3) is 0 Å². The number of rotatable bonds is 1. The van der Waals surface area contributed by atoms with Gasteiger partial charge in [0.1, 0.15) is 4.60 Å². The zero-order valence-corrected chi connectivity index (χ0v) is 7.00. The Hall–Kier alpha value is -1.10. The van der Waals surface area contributed by atoms with E-state index >= 15 is 0 Å². The highest BCUT2D eigenvalue weighted by molar-refractivity contribution is 9.10. The highest BCUT2D eigenvalue weighted by Gasteiger charge is 1.96. The first-order valence-electron chi connectivity index (χ1n) is 2.80.